The third-order valence-electron chi connectivity index (χ3n) is 7.21. The van der Waals surface area contributed by atoms with Crippen molar-refractivity contribution in [3.8, 4) is 5.69 Å². The number of nitrogens with zero attached hydrogens (tertiary/aromatic N) is 2. The number of hydrogen-bond donors (Lipinski definition) is 2. The molecule has 5 heteroatoms. The van der Waals surface area contributed by atoms with E-state index in [0.717, 1.165) is 23.6 Å². The van der Waals surface area contributed by atoms with Crippen LogP contribution >= 0.6 is 0 Å². The maximum atomic E-state index is 12.4. The number of carbonyl (C=O) groups excluding carboxylic acids is 1. The number of fused-ring (bicyclic) bond motifs is 2. The molecule has 4 rings (SSSR count). The van der Waals surface area contributed by atoms with E-state index >= 15 is 0 Å². The Bertz CT molecular complexity index is 797. The molecule has 2 aliphatic carbocycles. The summed E-state index contributed by atoms with van der Waals surface area (Å²) in [6, 6.07) is 10.2. The summed E-state index contributed by atoms with van der Waals surface area (Å²) < 4.78 is 1.83. The highest BCUT2D eigenvalue weighted by Crippen LogP contribution is 2.65. The zero-order valence-corrected chi connectivity index (χ0v) is 15.8. The summed E-state index contributed by atoms with van der Waals surface area (Å²) in [7, 11) is 0. The Labute approximate surface area is 155 Å². The lowest BCUT2D eigenvalue weighted by Crippen LogP contribution is -2.49. The summed E-state index contributed by atoms with van der Waals surface area (Å²) in [6.07, 6.45) is 7.36. The van der Waals surface area contributed by atoms with Gasteiger partial charge in [-0.3, -0.25) is 0 Å². The van der Waals surface area contributed by atoms with E-state index in [0.29, 0.717) is 12.0 Å². The van der Waals surface area contributed by atoms with E-state index in [-0.39, 0.29) is 17.5 Å². The van der Waals surface area contributed by atoms with Crippen LogP contribution in [-0.4, -0.2) is 21.9 Å². The molecule has 0 aliphatic heterocycles. The number of para-hydroxylation sites is 1. The van der Waals surface area contributed by atoms with Crippen LogP contribution < -0.4 is 10.6 Å². The van der Waals surface area contributed by atoms with Crippen LogP contribution in [0.1, 0.15) is 45.6 Å². The molecule has 1 aromatic heterocycles. The van der Waals surface area contributed by atoms with E-state index in [4.69, 9.17) is 0 Å². The van der Waals surface area contributed by atoms with Crippen molar-refractivity contribution < 1.29 is 4.79 Å². The van der Waals surface area contributed by atoms with Crippen LogP contribution in [0.2, 0.25) is 0 Å². The monoisotopic (exact) mass is 352 g/mol. The molecule has 3 atom stereocenters. The Kier molecular flexibility index (Phi) is 4.05. The standard InChI is InChI=1S/C21H28N4O/c1-20(2)16-9-10-21(20,3)18(11-16)24-19(26)22-12-15-13-23-25(14-15)17-7-5-4-6-8-17/h4-8,13-14,16,18H,9-12H2,1-3H3,(H2,22,24,26)/t16-,18+,21-/m0/s1. The number of amides is 2. The van der Waals surface area contributed by atoms with Crippen LogP contribution in [0.25, 0.3) is 5.69 Å². The zero-order chi connectivity index (χ0) is 18.4. The molecule has 5 nitrogen and oxygen atoms in total. The van der Waals surface area contributed by atoms with Gasteiger partial charge in [0, 0.05) is 24.3 Å². The average molecular weight is 352 g/mol. The molecule has 0 unspecified atom stereocenters. The summed E-state index contributed by atoms with van der Waals surface area (Å²) in [6.45, 7) is 7.55. The first-order chi connectivity index (χ1) is 12.4. The van der Waals surface area contributed by atoms with Crippen LogP contribution in [0.3, 0.4) is 0 Å². The molecule has 2 aliphatic rings. The molecule has 0 radical (unpaired) electrons. The second-order valence-corrected chi connectivity index (χ2v) is 8.62. The molecule has 0 spiro atoms. The number of carbonyl (C=O) groups is 1. The molecule has 1 heterocycles. The molecular formula is C21H28N4O. The van der Waals surface area contributed by atoms with Gasteiger partial charge >= 0.3 is 6.03 Å². The van der Waals surface area contributed by atoms with Gasteiger partial charge in [0.25, 0.3) is 0 Å². The lowest BCUT2D eigenvalue weighted by Gasteiger charge is -2.39. The molecular weight excluding hydrogens is 324 g/mol. The second kappa shape index (κ2) is 6.15. The van der Waals surface area contributed by atoms with Crippen molar-refractivity contribution in [2.24, 2.45) is 16.7 Å². The predicted octanol–water partition coefficient (Wildman–Crippen LogP) is 3.89. The highest BCUT2D eigenvalue weighted by molar-refractivity contribution is 5.74. The fourth-order valence-corrected chi connectivity index (χ4v) is 4.99. The topological polar surface area (TPSA) is 59.0 Å². The molecule has 1 aromatic carbocycles. The van der Waals surface area contributed by atoms with Crippen LogP contribution in [0, 0.1) is 16.7 Å². The van der Waals surface area contributed by atoms with Crippen molar-refractivity contribution >= 4 is 6.03 Å². The lowest BCUT2D eigenvalue weighted by molar-refractivity contribution is 0.123. The van der Waals surface area contributed by atoms with Gasteiger partial charge in [0.15, 0.2) is 0 Å². The normalized spacial score (nSPS) is 28.9. The van der Waals surface area contributed by atoms with Gasteiger partial charge in [-0.1, -0.05) is 39.0 Å². The minimum Gasteiger partial charge on any atom is -0.335 e. The second-order valence-electron chi connectivity index (χ2n) is 8.62. The number of hydrogen-bond acceptors (Lipinski definition) is 2. The molecule has 138 valence electrons. The number of urea groups is 1. The molecule has 0 saturated heterocycles. The Hall–Kier alpha value is -2.30. The summed E-state index contributed by atoms with van der Waals surface area (Å²) in [5, 5.41) is 10.6. The molecule has 26 heavy (non-hydrogen) atoms. The zero-order valence-electron chi connectivity index (χ0n) is 15.8. The molecule has 2 aromatic rings. The van der Waals surface area contributed by atoms with E-state index < -0.39 is 0 Å². The van der Waals surface area contributed by atoms with Crippen LogP contribution in [0.4, 0.5) is 4.79 Å². The van der Waals surface area contributed by atoms with Crippen molar-refractivity contribution in [2.45, 2.75) is 52.6 Å². The third-order valence-corrected chi connectivity index (χ3v) is 7.21. The smallest absolute Gasteiger partial charge is 0.315 e. The van der Waals surface area contributed by atoms with Crippen molar-refractivity contribution in [3.05, 3.63) is 48.3 Å². The van der Waals surface area contributed by atoms with Gasteiger partial charge in [-0.2, -0.15) is 5.10 Å². The van der Waals surface area contributed by atoms with Gasteiger partial charge in [0.1, 0.15) is 0 Å². The fourth-order valence-electron chi connectivity index (χ4n) is 4.99. The first-order valence-electron chi connectivity index (χ1n) is 9.53. The largest absolute Gasteiger partial charge is 0.335 e. The fraction of sp³-hybridized carbons (Fsp3) is 0.524. The van der Waals surface area contributed by atoms with Crippen molar-refractivity contribution in [3.63, 3.8) is 0 Å². The van der Waals surface area contributed by atoms with Crippen molar-refractivity contribution in [1.82, 2.24) is 20.4 Å². The molecule has 2 saturated carbocycles. The number of rotatable bonds is 4. The summed E-state index contributed by atoms with van der Waals surface area (Å²) >= 11 is 0. The predicted molar refractivity (Wildman–Crippen MR) is 102 cm³/mol. The number of aromatic nitrogens is 2. The van der Waals surface area contributed by atoms with Crippen LogP contribution in [0.15, 0.2) is 42.7 Å². The lowest BCUT2D eigenvalue weighted by atomic mass is 9.69. The Morgan fingerprint density at radius 1 is 1.27 bits per heavy atom. The van der Waals surface area contributed by atoms with E-state index in [1.54, 1.807) is 6.20 Å². The molecule has 2 N–H and O–H groups in total. The van der Waals surface area contributed by atoms with Crippen LogP contribution in [-0.2, 0) is 6.54 Å². The van der Waals surface area contributed by atoms with Crippen LogP contribution in [0.5, 0.6) is 0 Å². The Morgan fingerprint density at radius 2 is 2.04 bits per heavy atom. The van der Waals surface area contributed by atoms with E-state index in [9.17, 15) is 4.79 Å². The van der Waals surface area contributed by atoms with Gasteiger partial charge < -0.3 is 10.6 Å². The SMILES string of the molecule is CC1(C)[C@H]2CC[C@@]1(C)[C@H](NC(=O)NCc1cnn(-c3ccccc3)c1)C2. The van der Waals surface area contributed by atoms with Crippen molar-refractivity contribution in [1.29, 1.82) is 0 Å². The highest BCUT2D eigenvalue weighted by atomic mass is 16.2. The summed E-state index contributed by atoms with van der Waals surface area (Å²) in [5.74, 6) is 0.724. The average Bonchev–Trinajstić information content (AvgIpc) is 3.24. The maximum Gasteiger partial charge on any atom is 0.315 e. The minimum atomic E-state index is -0.0768. The third kappa shape index (κ3) is 2.70. The quantitative estimate of drug-likeness (QED) is 0.877. The van der Waals surface area contributed by atoms with E-state index in [2.05, 4.69) is 36.5 Å². The van der Waals surface area contributed by atoms with Gasteiger partial charge in [-0.15, -0.1) is 0 Å². The van der Waals surface area contributed by atoms with Gasteiger partial charge in [-0.25, -0.2) is 9.48 Å². The summed E-state index contributed by atoms with van der Waals surface area (Å²) in [5.41, 5.74) is 2.51. The van der Waals surface area contributed by atoms with E-state index in [1.807, 2.05) is 41.2 Å². The first kappa shape index (κ1) is 17.1. The highest BCUT2D eigenvalue weighted by Gasteiger charge is 2.61. The first-order valence-corrected chi connectivity index (χ1v) is 9.53. The Balaban J connectivity index is 1.34. The number of nitrogens with one attached hydrogen (secondary N) is 2. The number of benzene rings is 1. The van der Waals surface area contributed by atoms with E-state index in [1.165, 1.54) is 12.8 Å². The molecule has 2 amide bonds. The van der Waals surface area contributed by atoms with Gasteiger partial charge in [0.2, 0.25) is 0 Å². The van der Waals surface area contributed by atoms with Gasteiger partial charge in [-0.05, 0) is 48.1 Å². The van der Waals surface area contributed by atoms with Gasteiger partial charge in [0.05, 0.1) is 11.9 Å². The summed E-state index contributed by atoms with van der Waals surface area (Å²) in [4.78, 5) is 12.4. The van der Waals surface area contributed by atoms with Crippen molar-refractivity contribution in [2.75, 3.05) is 0 Å². The minimum absolute atomic E-state index is 0.0768. The molecule has 2 bridgehead atoms. The molecule has 2 fully saturated rings. The Morgan fingerprint density at radius 3 is 2.69 bits per heavy atom. The maximum absolute atomic E-state index is 12.4.